The average Bonchev–Trinajstić information content (AvgIpc) is 3.16. The van der Waals surface area contributed by atoms with Crippen molar-refractivity contribution in [3.63, 3.8) is 0 Å². The number of carbonyl (C=O) groups excluding carboxylic acids is 3. The number of benzene rings is 1. The lowest BCUT2D eigenvalue weighted by Gasteiger charge is -2.24. The molecule has 0 bridgehead atoms. The van der Waals surface area contributed by atoms with Crippen molar-refractivity contribution >= 4 is 34.7 Å². The molecule has 7 heteroatoms. The van der Waals surface area contributed by atoms with Crippen molar-refractivity contribution in [2.45, 2.75) is 45.7 Å². The summed E-state index contributed by atoms with van der Waals surface area (Å²) in [4.78, 5) is 37.1. The summed E-state index contributed by atoms with van der Waals surface area (Å²) in [6.07, 6.45) is 0.821. The number of nitrogens with one attached hydrogen (secondary N) is 3. The Hall–Kier alpha value is -2.67. The van der Waals surface area contributed by atoms with E-state index < -0.39 is 6.04 Å². The molecule has 27 heavy (non-hydrogen) atoms. The van der Waals surface area contributed by atoms with Crippen LogP contribution in [-0.2, 0) is 4.79 Å². The van der Waals surface area contributed by atoms with E-state index in [1.54, 1.807) is 48.7 Å². The molecule has 6 nitrogen and oxygen atoms in total. The fraction of sp³-hybridized carbons (Fsp3) is 0.350. The van der Waals surface area contributed by atoms with E-state index in [-0.39, 0.29) is 23.3 Å². The van der Waals surface area contributed by atoms with Crippen molar-refractivity contribution in [1.82, 2.24) is 10.6 Å². The van der Waals surface area contributed by atoms with Crippen LogP contribution in [0.25, 0.3) is 0 Å². The molecule has 0 aliphatic rings. The van der Waals surface area contributed by atoms with Crippen LogP contribution >= 0.6 is 11.3 Å². The lowest BCUT2D eigenvalue weighted by molar-refractivity contribution is -0.117. The Bertz CT molecular complexity index is 798. The maximum absolute atomic E-state index is 12.3. The van der Waals surface area contributed by atoms with E-state index in [1.165, 1.54) is 11.3 Å². The molecule has 2 aromatic rings. The van der Waals surface area contributed by atoms with Crippen molar-refractivity contribution in [3.05, 3.63) is 52.2 Å². The number of rotatable bonds is 7. The van der Waals surface area contributed by atoms with E-state index in [0.717, 1.165) is 6.42 Å². The Morgan fingerprint density at radius 2 is 1.74 bits per heavy atom. The van der Waals surface area contributed by atoms with Crippen molar-refractivity contribution in [1.29, 1.82) is 0 Å². The number of thiophene rings is 1. The summed E-state index contributed by atoms with van der Waals surface area (Å²) in [6, 6.07) is 9.45. The first-order chi connectivity index (χ1) is 12.7. The minimum Gasteiger partial charge on any atom is -0.347 e. The molecule has 3 amide bonds. The van der Waals surface area contributed by atoms with Crippen LogP contribution in [0.3, 0.4) is 0 Å². The smallest absolute Gasteiger partial charge is 0.261 e. The molecule has 0 saturated heterocycles. The Morgan fingerprint density at radius 3 is 2.30 bits per heavy atom. The molecule has 2 rings (SSSR count). The van der Waals surface area contributed by atoms with E-state index in [1.807, 2.05) is 20.8 Å². The number of amides is 3. The quantitative estimate of drug-likeness (QED) is 0.680. The van der Waals surface area contributed by atoms with E-state index in [4.69, 9.17) is 0 Å². The molecule has 1 heterocycles. The SMILES string of the molecule is CCC(C)(C)NC(=O)c1ccc(NC(=O)C(C)NC(=O)c2cccs2)cc1. The van der Waals surface area contributed by atoms with Crippen molar-refractivity contribution in [3.8, 4) is 0 Å². The maximum Gasteiger partial charge on any atom is 0.261 e. The first-order valence-electron chi connectivity index (χ1n) is 8.79. The van der Waals surface area contributed by atoms with E-state index in [2.05, 4.69) is 16.0 Å². The standard InChI is InChI=1S/C20H25N3O3S/c1-5-20(3,4)23-18(25)14-8-10-15(11-9-14)22-17(24)13(2)21-19(26)16-7-6-12-27-16/h6-13H,5H2,1-4H3,(H,21,26)(H,22,24)(H,23,25). The second kappa shape index (κ2) is 8.81. The van der Waals surface area contributed by atoms with Gasteiger partial charge in [-0.1, -0.05) is 13.0 Å². The summed E-state index contributed by atoms with van der Waals surface area (Å²) < 4.78 is 0. The fourth-order valence-corrected chi connectivity index (χ4v) is 2.79. The van der Waals surface area contributed by atoms with Gasteiger partial charge in [-0.15, -0.1) is 11.3 Å². The highest BCUT2D eigenvalue weighted by molar-refractivity contribution is 7.12. The third kappa shape index (κ3) is 5.92. The molecule has 0 aliphatic carbocycles. The van der Waals surface area contributed by atoms with Crippen LogP contribution in [0.4, 0.5) is 5.69 Å². The van der Waals surface area contributed by atoms with Gasteiger partial charge in [0.05, 0.1) is 4.88 Å². The molecular weight excluding hydrogens is 362 g/mol. The largest absolute Gasteiger partial charge is 0.347 e. The van der Waals surface area contributed by atoms with Gasteiger partial charge < -0.3 is 16.0 Å². The molecular formula is C20H25N3O3S. The summed E-state index contributed by atoms with van der Waals surface area (Å²) in [5, 5.41) is 10.2. The highest BCUT2D eigenvalue weighted by Crippen LogP contribution is 2.13. The molecule has 0 fully saturated rings. The van der Waals surface area contributed by atoms with Crippen LogP contribution in [0, 0.1) is 0 Å². The summed E-state index contributed by atoms with van der Waals surface area (Å²) in [5.41, 5.74) is 0.803. The number of hydrogen-bond donors (Lipinski definition) is 3. The maximum atomic E-state index is 12.3. The van der Waals surface area contributed by atoms with Gasteiger partial charge in [-0.25, -0.2) is 0 Å². The third-order valence-corrected chi connectivity index (χ3v) is 5.10. The monoisotopic (exact) mass is 387 g/mol. The lowest BCUT2D eigenvalue weighted by atomic mass is 10.0. The predicted molar refractivity (Wildman–Crippen MR) is 108 cm³/mol. The van der Waals surface area contributed by atoms with Crippen LogP contribution in [0.15, 0.2) is 41.8 Å². The Morgan fingerprint density at radius 1 is 1.07 bits per heavy atom. The van der Waals surface area contributed by atoms with Gasteiger partial charge in [-0.05, 0) is 62.9 Å². The number of carbonyl (C=O) groups is 3. The van der Waals surface area contributed by atoms with E-state index >= 15 is 0 Å². The Labute approximate surface area is 163 Å². The summed E-state index contributed by atoms with van der Waals surface area (Å²) in [5.74, 6) is -0.765. The van der Waals surface area contributed by atoms with E-state index in [9.17, 15) is 14.4 Å². The lowest BCUT2D eigenvalue weighted by Crippen LogP contribution is -2.42. The van der Waals surface area contributed by atoms with Crippen LogP contribution in [0.1, 0.15) is 54.1 Å². The summed E-state index contributed by atoms with van der Waals surface area (Å²) >= 11 is 1.32. The zero-order valence-electron chi connectivity index (χ0n) is 16.0. The molecule has 1 aromatic heterocycles. The molecule has 144 valence electrons. The van der Waals surface area contributed by atoms with Gasteiger partial charge in [0.25, 0.3) is 11.8 Å². The van der Waals surface area contributed by atoms with Gasteiger partial charge in [-0.2, -0.15) is 0 Å². The molecule has 1 aromatic carbocycles. The molecule has 0 saturated carbocycles. The van der Waals surface area contributed by atoms with Crippen molar-refractivity contribution < 1.29 is 14.4 Å². The average molecular weight is 388 g/mol. The molecule has 0 aliphatic heterocycles. The van der Waals surface area contributed by atoms with Crippen LogP contribution in [0.5, 0.6) is 0 Å². The molecule has 1 unspecified atom stereocenters. The topological polar surface area (TPSA) is 87.3 Å². The first kappa shape index (κ1) is 20.6. The first-order valence-corrected chi connectivity index (χ1v) is 9.67. The Kier molecular flexibility index (Phi) is 6.74. The van der Waals surface area contributed by atoms with Crippen molar-refractivity contribution in [2.24, 2.45) is 0 Å². The van der Waals surface area contributed by atoms with Gasteiger partial charge in [0.15, 0.2) is 0 Å². The molecule has 1 atom stereocenters. The van der Waals surface area contributed by atoms with Crippen LogP contribution in [-0.4, -0.2) is 29.3 Å². The summed E-state index contributed by atoms with van der Waals surface area (Å²) in [6.45, 7) is 7.56. The Balaban J connectivity index is 1.92. The zero-order valence-corrected chi connectivity index (χ0v) is 16.8. The van der Waals surface area contributed by atoms with Gasteiger partial charge >= 0.3 is 0 Å². The van der Waals surface area contributed by atoms with Gasteiger partial charge in [0.1, 0.15) is 6.04 Å². The molecule has 3 N–H and O–H groups in total. The molecule has 0 radical (unpaired) electrons. The highest BCUT2D eigenvalue weighted by Gasteiger charge is 2.20. The number of anilines is 1. The van der Waals surface area contributed by atoms with Gasteiger partial charge in [0, 0.05) is 16.8 Å². The molecule has 0 spiro atoms. The predicted octanol–water partition coefficient (Wildman–Crippen LogP) is 3.42. The zero-order chi connectivity index (χ0) is 20.0. The van der Waals surface area contributed by atoms with Crippen molar-refractivity contribution in [2.75, 3.05) is 5.32 Å². The fourth-order valence-electron chi connectivity index (χ4n) is 2.16. The third-order valence-electron chi connectivity index (χ3n) is 4.24. The minimum atomic E-state index is -0.687. The normalized spacial score (nSPS) is 12.1. The number of hydrogen-bond acceptors (Lipinski definition) is 4. The van der Waals surface area contributed by atoms with E-state index in [0.29, 0.717) is 16.1 Å². The second-order valence-corrected chi connectivity index (χ2v) is 7.88. The second-order valence-electron chi connectivity index (χ2n) is 6.93. The van der Waals surface area contributed by atoms with Crippen LogP contribution in [0.2, 0.25) is 0 Å². The summed E-state index contributed by atoms with van der Waals surface area (Å²) in [7, 11) is 0. The van der Waals surface area contributed by atoms with Gasteiger partial charge in [-0.3, -0.25) is 14.4 Å². The minimum absolute atomic E-state index is 0.156. The van der Waals surface area contributed by atoms with Gasteiger partial charge in [0.2, 0.25) is 5.91 Å². The highest BCUT2D eigenvalue weighted by atomic mass is 32.1. The van der Waals surface area contributed by atoms with Crippen LogP contribution < -0.4 is 16.0 Å².